The lowest BCUT2D eigenvalue weighted by Gasteiger charge is -2.46. The molecule has 1 aromatic carbocycles. The van der Waals surface area contributed by atoms with Crippen LogP contribution in [0.25, 0.3) is 10.8 Å². The van der Waals surface area contributed by atoms with Crippen LogP contribution >= 0.6 is 0 Å². The van der Waals surface area contributed by atoms with E-state index in [0.29, 0.717) is 35.9 Å². The molecule has 11 heteroatoms. The van der Waals surface area contributed by atoms with Crippen molar-refractivity contribution in [2.24, 2.45) is 0 Å². The summed E-state index contributed by atoms with van der Waals surface area (Å²) in [4.78, 5) is 18.3. The number of piperidine rings is 1. The average molecular weight is 531 g/mol. The van der Waals surface area contributed by atoms with Crippen molar-refractivity contribution in [3.8, 4) is 0 Å². The Hall–Kier alpha value is -3.83. The number of ether oxygens (including phenoxy) is 1. The zero-order valence-electron chi connectivity index (χ0n) is 22.7. The van der Waals surface area contributed by atoms with Crippen LogP contribution in [0.4, 0.5) is 23.3 Å². The fraction of sp³-hybridized carbons (Fsp3) is 0.464. The van der Waals surface area contributed by atoms with E-state index in [4.69, 9.17) is 19.1 Å². The van der Waals surface area contributed by atoms with Crippen molar-refractivity contribution in [1.29, 1.82) is 0 Å². The number of rotatable bonds is 7. The topological polar surface area (TPSA) is 126 Å². The number of β-amino-alcohol motifs (C(OH)–C–C–N with tert-alkyl or cyclic N) is 1. The van der Waals surface area contributed by atoms with Gasteiger partial charge in [0.15, 0.2) is 0 Å². The lowest BCUT2D eigenvalue weighted by Crippen LogP contribution is -2.53. The molecule has 3 aromatic heterocycles. The number of nitrogens with zero attached hydrogens (tertiary/aromatic N) is 7. The summed E-state index contributed by atoms with van der Waals surface area (Å²) in [5.41, 5.74) is 2.42. The molecule has 2 N–H and O–H groups in total. The second-order valence-electron chi connectivity index (χ2n) is 10.7. The van der Waals surface area contributed by atoms with Crippen molar-refractivity contribution in [1.82, 2.24) is 25.1 Å². The number of hydrogen-bond donors (Lipinski definition) is 2. The Morgan fingerprint density at radius 2 is 2.00 bits per heavy atom. The van der Waals surface area contributed by atoms with Gasteiger partial charge < -0.3 is 29.4 Å². The first-order valence-corrected chi connectivity index (χ1v) is 13.4. The summed E-state index contributed by atoms with van der Waals surface area (Å²) in [6, 6.07) is 8.58. The number of aliphatic hydroxyl groups excluding tert-OH is 1. The molecule has 5 heterocycles. The third-order valence-corrected chi connectivity index (χ3v) is 8.01. The van der Waals surface area contributed by atoms with Crippen LogP contribution in [0.5, 0.6) is 0 Å². The summed E-state index contributed by atoms with van der Waals surface area (Å²) in [5, 5.41) is 24.0. The van der Waals surface area contributed by atoms with Crippen LogP contribution < -0.4 is 15.1 Å². The van der Waals surface area contributed by atoms with E-state index in [0.717, 1.165) is 36.0 Å². The van der Waals surface area contributed by atoms with Crippen LogP contribution in [0, 0.1) is 0 Å². The van der Waals surface area contributed by atoms with Gasteiger partial charge >= 0.3 is 0 Å². The average Bonchev–Trinajstić information content (AvgIpc) is 3.46. The molecule has 4 atom stereocenters. The predicted molar refractivity (Wildman–Crippen MR) is 149 cm³/mol. The van der Waals surface area contributed by atoms with Crippen LogP contribution in [0.1, 0.15) is 50.5 Å². The Morgan fingerprint density at radius 1 is 1.13 bits per heavy atom. The number of aromatic nitrogens is 5. The van der Waals surface area contributed by atoms with Crippen LogP contribution in [0.2, 0.25) is 0 Å². The molecule has 11 nitrogen and oxygen atoms in total. The number of fused-ring (bicyclic) bond motifs is 1. The molecule has 1 unspecified atom stereocenters. The highest BCUT2D eigenvalue weighted by Crippen LogP contribution is 2.42. The zero-order valence-corrected chi connectivity index (χ0v) is 22.7. The van der Waals surface area contributed by atoms with Crippen LogP contribution in [-0.4, -0.2) is 75.2 Å². The maximum atomic E-state index is 10.4. The molecule has 0 spiro atoms. The summed E-state index contributed by atoms with van der Waals surface area (Å²) >= 11 is 0. The zero-order chi connectivity index (χ0) is 27.1. The van der Waals surface area contributed by atoms with Gasteiger partial charge in [-0.2, -0.15) is 4.98 Å². The second-order valence-corrected chi connectivity index (χ2v) is 10.7. The molecule has 0 radical (unpaired) electrons. The van der Waals surface area contributed by atoms with Gasteiger partial charge in [-0.05, 0) is 48.4 Å². The molecule has 2 aliphatic rings. The second kappa shape index (κ2) is 10.4. The largest absolute Gasteiger partial charge is 0.428 e. The number of aliphatic hydroxyl groups is 1. The molecule has 6 rings (SSSR count). The van der Waals surface area contributed by atoms with Crippen molar-refractivity contribution >= 4 is 34.0 Å². The van der Waals surface area contributed by atoms with Crippen molar-refractivity contribution < 1.29 is 14.3 Å². The number of nitrogens with one attached hydrogen (secondary N) is 1. The lowest BCUT2D eigenvalue weighted by molar-refractivity contribution is -0.0219. The maximum Gasteiger partial charge on any atom is 0.227 e. The molecule has 2 saturated heterocycles. The van der Waals surface area contributed by atoms with Gasteiger partial charge in [0.05, 0.1) is 18.1 Å². The molecule has 2 aliphatic heterocycles. The van der Waals surface area contributed by atoms with Gasteiger partial charge in [0.2, 0.25) is 18.2 Å². The third kappa shape index (κ3) is 4.76. The smallest absolute Gasteiger partial charge is 0.227 e. The molecular formula is C28H34N8O3. The van der Waals surface area contributed by atoms with Crippen molar-refractivity contribution in [2.45, 2.75) is 57.3 Å². The van der Waals surface area contributed by atoms with Crippen LogP contribution in [0.3, 0.4) is 0 Å². The van der Waals surface area contributed by atoms with Gasteiger partial charge in [-0.1, -0.05) is 19.9 Å². The highest BCUT2D eigenvalue weighted by Gasteiger charge is 2.40. The minimum Gasteiger partial charge on any atom is -0.428 e. The Morgan fingerprint density at radius 3 is 2.72 bits per heavy atom. The normalized spacial score (nSPS) is 23.3. The van der Waals surface area contributed by atoms with E-state index in [1.165, 1.54) is 12.0 Å². The Kier molecular flexibility index (Phi) is 6.78. The quantitative estimate of drug-likeness (QED) is 0.362. The molecule has 4 aromatic rings. The summed E-state index contributed by atoms with van der Waals surface area (Å²) in [7, 11) is 1.63. The molecular weight excluding hydrogens is 496 g/mol. The molecule has 204 valence electrons. The van der Waals surface area contributed by atoms with E-state index >= 15 is 0 Å². The van der Waals surface area contributed by atoms with E-state index in [-0.39, 0.29) is 18.1 Å². The van der Waals surface area contributed by atoms with Crippen molar-refractivity contribution in [3.63, 3.8) is 0 Å². The molecule has 2 fully saturated rings. The molecule has 0 amide bonds. The monoisotopic (exact) mass is 530 g/mol. The number of pyridine rings is 1. The van der Waals surface area contributed by atoms with Gasteiger partial charge in [-0.3, -0.25) is 0 Å². The fourth-order valence-electron chi connectivity index (χ4n) is 5.69. The Labute approximate surface area is 227 Å². The summed E-state index contributed by atoms with van der Waals surface area (Å²) in [6.45, 7) is 8.57. The van der Waals surface area contributed by atoms with Gasteiger partial charge in [0.25, 0.3) is 0 Å². The first kappa shape index (κ1) is 25.4. The fourth-order valence-corrected chi connectivity index (χ4v) is 5.69. The number of anilines is 4. The number of benzene rings is 1. The van der Waals surface area contributed by atoms with Crippen LogP contribution in [-0.2, 0) is 4.74 Å². The van der Waals surface area contributed by atoms with Crippen LogP contribution in [0.15, 0.2) is 47.5 Å². The van der Waals surface area contributed by atoms with Gasteiger partial charge in [0.1, 0.15) is 11.6 Å². The van der Waals surface area contributed by atoms with Gasteiger partial charge in [-0.25, -0.2) is 9.97 Å². The van der Waals surface area contributed by atoms with E-state index < -0.39 is 6.10 Å². The highest BCUT2D eigenvalue weighted by molar-refractivity contribution is 5.98. The Balaban J connectivity index is 1.26. The molecule has 0 bridgehead atoms. The van der Waals surface area contributed by atoms with Crippen molar-refractivity contribution in [3.05, 3.63) is 54.5 Å². The van der Waals surface area contributed by atoms with Gasteiger partial charge in [-0.15, -0.1) is 10.2 Å². The molecule has 0 aliphatic carbocycles. The number of methoxy groups -OCH3 is 1. The summed E-state index contributed by atoms with van der Waals surface area (Å²) in [6.07, 6.45) is 5.04. The molecule has 39 heavy (non-hydrogen) atoms. The molecule has 0 saturated carbocycles. The van der Waals surface area contributed by atoms with E-state index in [9.17, 15) is 5.11 Å². The van der Waals surface area contributed by atoms with E-state index in [1.54, 1.807) is 13.3 Å². The van der Waals surface area contributed by atoms with Gasteiger partial charge in [0, 0.05) is 56.3 Å². The Bertz CT molecular complexity index is 1450. The third-order valence-electron chi connectivity index (χ3n) is 8.01. The van der Waals surface area contributed by atoms with Crippen molar-refractivity contribution in [2.75, 3.05) is 41.9 Å². The minimum atomic E-state index is -0.578. The summed E-state index contributed by atoms with van der Waals surface area (Å²) < 4.78 is 10.8. The first-order chi connectivity index (χ1) is 18.9. The maximum absolute atomic E-state index is 10.4. The SMILES string of the molecule is CO[C@@H]1CCN(c2nccc(Nc3cc4c(C(C)C)ccc(N5CC(c6nnco6)[C@@H]5C)c4cn3)n2)C[C@H]1O. The standard InChI is InChI=1S/C28H34N8O3/c1-16(2)18-5-6-22(36-13-21(17(36)3)27-34-31-15-39-27)20-12-30-26(11-19(18)20)32-25-7-9-29-28(33-25)35-10-8-24(38-4)23(37)14-35/h5-7,9,11-12,15-17,21,23-24,37H,8,10,13-14H2,1-4H3,(H,29,30,32,33)/t17-,21?,23+,24+/m0/s1. The number of hydrogen-bond acceptors (Lipinski definition) is 11. The highest BCUT2D eigenvalue weighted by atomic mass is 16.5. The van der Waals surface area contributed by atoms with E-state index in [2.05, 4.69) is 64.4 Å². The summed E-state index contributed by atoms with van der Waals surface area (Å²) in [5.74, 6) is 3.19. The minimum absolute atomic E-state index is 0.159. The lowest BCUT2D eigenvalue weighted by atomic mass is 9.87. The first-order valence-electron chi connectivity index (χ1n) is 13.4. The predicted octanol–water partition coefficient (Wildman–Crippen LogP) is 3.85. The van der Waals surface area contributed by atoms with E-state index in [1.807, 2.05) is 17.2 Å².